The number of aromatic nitrogens is 4. The molecule has 6 N–H and O–H groups in total. The smallest absolute Gasteiger partial charge is 0.352 e. The molecule has 1 saturated heterocycles. The van der Waals surface area contributed by atoms with Crippen molar-refractivity contribution in [1.82, 2.24) is 30.0 Å². The lowest BCUT2D eigenvalue weighted by Crippen LogP contribution is -2.71. The summed E-state index contributed by atoms with van der Waals surface area (Å²) in [6, 6.07) is -1.03. The molecule has 0 radical (unpaired) electrons. The van der Waals surface area contributed by atoms with E-state index in [2.05, 4.69) is 30.8 Å². The molecule has 210 valence electrons. The number of fused-ring (bicyclic) bond motifs is 1. The Hall–Kier alpha value is -4.43. The fourth-order valence-electron chi connectivity index (χ4n) is 3.64. The molecule has 2 unspecified atom stereocenters. The topological polar surface area (TPSA) is 248 Å². The number of oxime groups is 2. The Labute approximate surface area is 235 Å². The van der Waals surface area contributed by atoms with E-state index in [4.69, 9.17) is 15.8 Å². The van der Waals surface area contributed by atoms with Crippen molar-refractivity contribution in [2.24, 2.45) is 10.3 Å². The summed E-state index contributed by atoms with van der Waals surface area (Å²) in [5.41, 5.74) is 3.70. The molecule has 40 heavy (non-hydrogen) atoms. The first-order valence-corrected chi connectivity index (χ1v) is 13.7. The molecule has 20 heteroatoms. The number of carboxylic acids is 1. The minimum atomic E-state index is -1.36. The molecular weight excluding hydrogens is 590 g/mol. The number of carbonyl (C=O) groups excluding carboxylic acids is 2. The van der Waals surface area contributed by atoms with Gasteiger partial charge in [0.2, 0.25) is 0 Å². The number of amides is 2. The number of anilines is 1. The number of carboxylic acid groups (broad SMARTS) is 1. The van der Waals surface area contributed by atoms with Gasteiger partial charge in [-0.2, -0.15) is 0 Å². The zero-order valence-electron chi connectivity index (χ0n) is 20.2. The van der Waals surface area contributed by atoms with Crippen LogP contribution in [0.2, 0.25) is 0 Å². The van der Waals surface area contributed by atoms with Crippen LogP contribution in [-0.2, 0) is 25.8 Å². The fraction of sp³-hybridized carbons (Fsp3) is 0.250. The van der Waals surface area contributed by atoms with Crippen molar-refractivity contribution in [3.05, 3.63) is 54.5 Å². The van der Waals surface area contributed by atoms with Gasteiger partial charge >= 0.3 is 17.1 Å². The second-order valence-corrected chi connectivity index (χ2v) is 10.6. The van der Waals surface area contributed by atoms with Crippen LogP contribution in [0.25, 0.3) is 0 Å². The Morgan fingerprint density at radius 1 is 1.40 bits per heavy atom. The first kappa shape index (κ1) is 28.6. The molecule has 17 nitrogen and oxygen atoms in total. The summed E-state index contributed by atoms with van der Waals surface area (Å²) >= 11 is 3.20. The number of nitrogen functional groups attached to an aromatic ring is 1. The summed E-state index contributed by atoms with van der Waals surface area (Å²) in [5.74, 6) is -2.58. The molecule has 4 heterocycles. The van der Waals surface area contributed by atoms with Crippen LogP contribution in [0.3, 0.4) is 0 Å². The van der Waals surface area contributed by atoms with E-state index in [1.54, 1.807) is 0 Å². The van der Waals surface area contributed by atoms with Crippen LogP contribution in [0.5, 0.6) is 0 Å². The maximum atomic E-state index is 13.0. The average Bonchev–Trinajstić information content (AvgIpc) is 3.36. The van der Waals surface area contributed by atoms with Crippen LogP contribution in [0, 0.1) is 0 Å². The lowest BCUT2D eigenvalue weighted by atomic mass is 10.0. The van der Waals surface area contributed by atoms with Crippen LogP contribution in [-0.4, -0.2) is 89.0 Å². The number of thioether (sulfide) groups is 2. The molecule has 2 aromatic heterocycles. The lowest BCUT2D eigenvalue weighted by molar-refractivity contribution is -0.150. The maximum Gasteiger partial charge on any atom is 0.352 e. The molecule has 0 bridgehead atoms. The van der Waals surface area contributed by atoms with Gasteiger partial charge in [0.1, 0.15) is 29.9 Å². The minimum absolute atomic E-state index is 0.0396. The van der Waals surface area contributed by atoms with Gasteiger partial charge in [-0.15, -0.1) is 33.4 Å². The summed E-state index contributed by atoms with van der Waals surface area (Å²) in [4.78, 5) is 71.4. The van der Waals surface area contributed by atoms with Crippen LogP contribution in [0.15, 0.2) is 53.2 Å². The minimum Gasteiger partial charge on any atom is -0.477 e. The molecule has 2 atom stereocenters. The number of aromatic amines is 1. The number of nitrogens with one attached hydrogen (secondary N) is 2. The number of carbonyl (C=O) groups is 3. The molecular formula is C20H19N9O8S3. The SMILES string of the molecule is CON=C(C(=O)NC1C(=O)N2C(C(=O)O)=C(C=CSc3n[nH]c(=O)c(=O)n3CC=NO)CSC12)c1csc(N)n1. The van der Waals surface area contributed by atoms with Gasteiger partial charge in [-0.25, -0.2) is 14.9 Å². The number of rotatable bonds is 10. The number of nitrogens with two attached hydrogens (primary N) is 1. The van der Waals surface area contributed by atoms with E-state index in [-0.39, 0.29) is 45.3 Å². The summed E-state index contributed by atoms with van der Waals surface area (Å²) < 4.78 is 0.957. The first-order valence-electron chi connectivity index (χ1n) is 10.9. The molecule has 2 aliphatic heterocycles. The molecule has 1 fully saturated rings. The Morgan fingerprint density at radius 2 is 2.17 bits per heavy atom. The largest absolute Gasteiger partial charge is 0.477 e. The highest BCUT2D eigenvalue weighted by Crippen LogP contribution is 2.41. The second-order valence-electron chi connectivity index (χ2n) is 7.70. The highest BCUT2D eigenvalue weighted by molar-refractivity contribution is 8.02. The Balaban J connectivity index is 1.52. The third kappa shape index (κ3) is 5.62. The van der Waals surface area contributed by atoms with Crippen molar-refractivity contribution in [1.29, 1.82) is 0 Å². The van der Waals surface area contributed by atoms with E-state index in [1.807, 2.05) is 0 Å². The van der Waals surface area contributed by atoms with Crippen LogP contribution < -0.4 is 22.2 Å². The van der Waals surface area contributed by atoms with Gasteiger partial charge in [-0.3, -0.25) is 28.6 Å². The highest BCUT2D eigenvalue weighted by atomic mass is 32.2. The predicted octanol–water partition coefficient (Wildman–Crippen LogP) is -1.17. The van der Waals surface area contributed by atoms with E-state index in [9.17, 15) is 29.1 Å². The highest BCUT2D eigenvalue weighted by Gasteiger charge is 2.54. The summed E-state index contributed by atoms with van der Waals surface area (Å²) in [5, 5.41) is 35.9. The molecule has 2 aromatic rings. The van der Waals surface area contributed by atoms with E-state index < -0.39 is 40.3 Å². The van der Waals surface area contributed by atoms with Gasteiger partial charge in [0.25, 0.3) is 11.8 Å². The van der Waals surface area contributed by atoms with Gasteiger partial charge in [0.05, 0.1) is 12.8 Å². The molecule has 0 aliphatic carbocycles. The number of hydrogen-bond donors (Lipinski definition) is 5. The lowest BCUT2D eigenvalue weighted by Gasteiger charge is -2.49. The van der Waals surface area contributed by atoms with Crippen LogP contribution in [0.1, 0.15) is 5.69 Å². The average molecular weight is 610 g/mol. The molecule has 0 saturated carbocycles. The van der Waals surface area contributed by atoms with Gasteiger partial charge in [-0.1, -0.05) is 16.9 Å². The van der Waals surface area contributed by atoms with Gasteiger partial charge in [0, 0.05) is 11.1 Å². The number of nitrogens with zero attached hydrogens (tertiary/aromatic N) is 6. The first-order chi connectivity index (χ1) is 19.2. The number of hydrogen-bond acceptors (Lipinski definition) is 15. The summed E-state index contributed by atoms with van der Waals surface area (Å²) in [7, 11) is 1.24. The zero-order valence-corrected chi connectivity index (χ0v) is 22.7. The molecule has 2 amide bonds. The third-order valence-electron chi connectivity index (χ3n) is 5.36. The van der Waals surface area contributed by atoms with Crippen molar-refractivity contribution in [2.75, 3.05) is 18.6 Å². The van der Waals surface area contributed by atoms with Crippen molar-refractivity contribution >= 4 is 69.7 Å². The molecule has 2 aliphatic rings. The summed E-state index contributed by atoms with van der Waals surface area (Å²) in [6.07, 6.45) is 2.43. The van der Waals surface area contributed by atoms with E-state index >= 15 is 0 Å². The molecule has 4 rings (SSSR count). The number of allylic oxidation sites excluding steroid dienone is 1. The van der Waals surface area contributed by atoms with Crippen molar-refractivity contribution < 1.29 is 29.5 Å². The van der Waals surface area contributed by atoms with E-state index in [0.29, 0.717) is 0 Å². The monoisotopic (exact) mass is 609 g/mol. The number of β-lactam (4-membered cyclic amide) rings is 1. The Kier molecular flexibility index (Phi) is 8.70. The molecule has 0 aromatic carbocycles. The number of H-pyrrole nitrogens is 1. The van der Waals surface area contributed by atoms with Crippen LogP contribution >= 0.6 is 34.9 Å². The number of aliphatic carboxylic acids is 1. The zero-order chi connectivity index (χ0) is 29.0. The van der Waals surface area contributed by atoms with Gasteiger partial charge in [-0.05, 0) is 17.1 Å². The predicted molar refractivity (Wildman–Crippen MR) is 144 cm³/mol. The second kappa shape index (κ2) is 12.2. The fourth-order valence-corrected chi connectivity index (χ4v) is 6.24. The van der Waals surface area contributed by atoms with Crippen LogP contribution in [0.4, 0.5) is 5.13 Å². The van der Waals surface area contributed by atoms with Crippen molar-refractivity contribution in [3.63, 3.8) is 0 Å². The van der Waals surface area contributed by atoms with E-state index in [1.165, 1.54) is 35.7 Å². The van der Waals surface area contributed by atoms with E-state index in [0.717, 1.165) is 38.8 Å². The molecule has 0 spiro atoms. The standard InChI is InChI=1S/C20H19N9O8S3/c1-37-27-10(9-7-40-19(21)23-9)13(30)24-11-15(32)29-12(18(34)35)8(6-39-17(11)29)2-5-38-20-26-25-14(31)16(33)28(20)4-3-22-36/h2-3,5,7,11,17,36H,4,6H2,1H3,(H2,21,23)(H,24,30)(H,25,31)(H,34,35). The van der Waals surface area contributed by atoms with Crippen molar-refractivity contribution in [3.8, 4) is 0 Å². The third-order valence-corrected chi connectivity index (χ3v) is 8.13. The van der Waals surface area contributed by atoms with Gasteiger partial charge in [0.15, 0.2) is 16.0 Å². The summed E-state index contributed by atoms with van der Waals surface area (Å²) in [6.45, 7) is -0.231. The maximum absolute atomic E-state index is 13.0. The number of thiazole rings is 1. The quantitative estimate of drug-likeness (QED) is 0.0532. The van der Waals surface area contributed by atoms with Crippen molar-refractivity contribution in [2.45, 2.75) is 23.1 Å². The van der Waals surface area contributed by atoms with Gasteiger partial charge < -0.3 is 26.2 Å². The Bertz CT molecular complexity index is 1590. The Morgan fingerprint density at radius 3 is 2.83 bits per heavy atom. The normalized spacial score (nSPS) is 19.2.